The molecule has 0 fully saturated rings. The first-order chi connectivity index (χ1) is 12.4. The van der Waals surface area contributed by atoms with Crippen LogP contribution in [0.15, 0.2) is 48.5 Å². The molecular formula is C19H20N2O5. The second-order valence-corrected chi connectivity index (χ2v) is 5.76. The Bertz CT molecular complexity index is 785. The number of carbonyl (C=O) groups is 2. The molecule has 0 heterocycles. The van der Waals surface area contributed by atoms with E-state index >= 15 is 0 Å². The van der Waals surface area contributed by atoms with Gasteiger partial charge in [-0.25, -0.2) is 4.79 Å². The second-order valence-electron chi connectivity index (χ2n) is 5.76. The van der Waals surface area contributed by atoms with E-state index in [1.807, 2.05) is 31.2 Å². The lowest BCUT2D eigenvalue weighted by Gasteiger charge is -2.15. The van der Waals surface area contributed by atoms with Crippen LogP contribution in [0.2, 0.25) is 0 Å². The first kappa shape index (κ1) is 19.1. The van der Waals surface area contributed by atoms with Gasteiger partial charge in [-0.2, -0.15) is 0 Å². The van der Waals surface area contributed by atoms with Gasteiger partial charge in [0.15, 0.2) is 6.61 Å². The fourth-order valence-corrected chi connectivity index (χ4v) is 2.34. The molecule has 2 aromatic rings. The Kier molecular flexibility index (Phi) is 6.43. The van der Waals surface area contributed by atoms with Crippen LogP contribution in [-0.4, -0.2) is 23.4 Å². The number of esters is 1. The van der Waals surface area contributed by atoms with Crippen molar-refractivity contribution in [1.29, 1.82) is 0 Å². The van der Waals surface area contributed by atoms with Crippen LogP contribution >= 0.6 is 0 Å². The van der Waals surface area contributed by atoms with Crippen molar-refractivity contribution in [1.82, 2.24) is 5.32 Å². The molecule has 0 aromatic heterocycles. The van der Waals surface area contributed by atoms with Gasteiger partial charge in [0.05, 0.1) is 16.5 Å². The molecule has 1 N–H and O–H groups in total. The lowest BCUT2D eigenvalue weighted by atomic mass is 10.1. The van der Waals surface area contributed by atoms with Crippen LogP contribution in [0, 0.1) is 10.1 Å². The van der Waals surface area contributed by atoms with E-state index in [2.05, 4.69) is 12.2 Å². The highest BCUT2D eigenvalue weighted by Crippen LogP contribution is 2.14. The number of ether oxygens (including phenoxy) is 1. The summed E-state index contributed by atoms with van der Waals surface area (Å²) in [4.78, 5) is 33.9. The molecule has 1 amide bonds. The van der Waals surface area contributed by atoms with Gasteiger partial charge in [-0.05, 0) is 36.6 Å². The van der Waals surface area contributed by atoms with Gasteiger partial charge >= 0.3 is 5.97 Å². The lowest BCUT2D eigenvalue weighted by Crippen LogP contribution is -2.31. The smallest absolute Gasteiger partial charge is 0.338 e. The van der Waals surface area contributed by atoms with E-state index in [9.17, 15) is 19.7 Å². The van der Waals surface area contributed by atoms with E-state index in [1.165, 1.54) is 29.8 Å². The number of nitrogens with zero attached hydrogens (tertiary/aromatic N) is 1. The highest BCUT2D eigenvalue weighted by molar-refractivity contribution is 5.91. The van der Waals surface area contributed by atoms with Gasteiger partial charge in [0.2, 0.25) is 0 Å². The predicted molar refractivity (Wildman–Crippen MR) is 95.8 cm³/mol. The summed E-state index contributed by atoms with van der Waals surface area (Å²) in [5, 5.41) is 13.3. The zero-order valence-electron chi connectivity index (χ0n) is 14.6. The quantitative estimate of drug-likeness (QED) is 0.467. The molecule has 7 nitrogen and oxygen atoms in total. The Hall–Kier alpha value is -3.22. The average molecular weight is 356 g/mol. The van der Waals surface area contributed by atoms with Gasteiger partial charge < -0.3 is 10.1 Å². The number of nitro groups is 1. The van der Waals surface area contributed by atoms with Crippen LogP contribution < -0.4 is 5.32 Å². The summed E-state index contributed by atoms with van der Waals surface area (Å²) in [6.07, 6.45) is 0.944. The molecule has 0 bridgehead atoms. The Morgan fingerprint density at radius 2 is 1.73 bits per heavy atom. The first-order valence-corrected chi connectivity index (χ1v) is 8.20. The Morgan fingerprint density at radius 1 is 1.12 bits per heavy atom. The zero-order valence-corrected chi connectivity index (χ0v) is 14.6. The highest BCUT2D eigenvalue weighted by atomic mass is 16.6. The standard InChI is InChI=1S/C19H20N2O5/c1-3-14-4-6-15(7-5-14)13(2)20-18(22)12-26-19(23)16-8-10-17(11-9-16)21(24)25/h4-11,13H,3,12H2,1-2H3,(H,20,22)/t13-/m0/s1. The minimum Gasteiger partial charge on any atom is -0.452 e. The van der Waals surface area contributed by atoms with E-state index in [-0.39, 0.29) is 17.3 Å². The van der Waals surface area contributed by atoms with Gasteiger partial charge in [0, 0.05) is 12.1 Å². The van der Waals surface area contributed by atoms with Gasteiger partial charge in [-0.1, -0.05) is 31.2 Å². The molecule has 2 aromatic carbocycles. The number of rotatable bonds is 7. The predicted octanol–water partition coefficient (Wildman–Crippen LogP) is 3.19. The fraction of sp³-hybridized carbons (Fsp3) is 0.263. The van der Waals surface area contributed by atoms with Crippen LogP contribution in [0.4, 0.5) is 5.69 Å². The largest absolute Gasteiger partial charge is 0.452 e. The summed E-state index contributed by atoms with van der Waals surface area (Å²) in [6.45, 7) is 3.49. The second kappa shape index (κ2) is 8.75. The molecule has 2 rings (SSSR count). The summed E-state index contributed by atoms with van der Waals surface area (Å²) >= 11 is 0. The third-order valence-corrected chi connectivity index (χ3v) is 3.91. The number of non-ortho nitro benzene ring substituents is 1. The molecule has 0 saturated heterocycles. The molecule has 0 spiro atoms. The summed E-state index contributed by atoms with van der Waals surface area (Å²) in [6, 6.07) is 12.7. The number of hydrogen-bond acceptors (Lipinski definition) is 5. The van der Waals surface area contributed by atoms with Gasteiger partial charge in [0.1, 0.15) is 0 Å². The zero-order chi connectivity index (χ0) is 19.1. The molecule has 0 unspecified atom stereocenters. The first-order valence-electron chi connectivity index (χ1n) is 8.20. The molecule has 7 heteroatoms. The molecule has 26 heavy (non-hydrogen) atoms. The number of hydrogen-bond donors (Lipinski definition) is 1. The van der Waals surface area contributed by atoms with Crippen molar-refractivity contribution in [3.63, 3.8) is 0 Å². The van der Waals surface area contributed by atoms with Gasteiger partial charge in [-0.3, -0.25) is 14.9 Å². The van der Waals surface area contributed by atoms with E-state index in [4.69, 9.17) is 4.74 Å². The third-order valence-electron chi connectivity index (χ3n) is 3.91. The van der Waals surface area contributed by atoms with E-state index < -0.39 is 23.4 Å². The number of amides is 1. The van der Waals surface area contributed by atoms with Crippen molar-refractivity contribution in [3.05, 3.63) is 75.3 Å². The molecule has 0 aliphatic rings. The maximum atomic E-state index is 12.0. The molecule has 0 radical (unpaired) electrons. The summed E-state index contributed by atoms with van der Waals surface area (Å²) in [7, 11) is 0. The van der Waals surface area contributed by atoms with Crippen LogP contribution in [0.5, 0.6) is 0 Å². The van der Waals surface area contributed by atoms with Crippen LogP contribution in [-0.2, 0) is 16.0 Å². The molecule has 0 aliphatic heterocycles. The SMILES string of the molecule is CCc1ccc([C@H](C)NC(=O)COC(=O)c2ccc([N+](=O)[O-])cc2)cc1. The van der Waals surface area contributed by atoms with Crippen molar-refractivity contribution in [2.75, 3.05) is 6.61 Å². The number of nitro benzene ring substituents is 1. The Morgan fingerprint density at radius 3 is 2.27 bits per heavy atom. The van der Waals surface area contributed by atoms with Crippen molar-refractivity contribution < 1.29 is 19.2 Å². The normalized spacial score (nSPS) is 11.5. The van der Waals surface area contributed by atoms with Crippen LogP contribution in [0.3, 0.4) is 0 Å². The minimum absolute atomic E-state index is 0.123. The topological polar surface area (TPSA) is 98.5 Å². The van der Waals surface area contributed by atoms with E-state index in [0.29, 0.717) is 0 Å². The molecule has 0 saturated carbocycles. The summed E-state index contributed by atoms with van der Waals surface area (Å²) in [5.74, 6) is -1.14. The minimum atomic E-state index is -0.713. The Balaban J connectivity index is 1.85. The number of nitrogens with one attached hydrogen (secondary N) is 1. The van der Waals surface area contributed by atoms with Crippen LogP contribution in [0.1, 0.15) is 41.4 Å². The fourth-order valence-electron chi connectivity index (χ4n) is 2.34. The van der Waals surface area contributed by atoms with Gasteiger partial charge in [-0.15, -0.1) is 0 Å². The number of carbonyl (C=O) groups excluding carboxylic acids is 2. The maximum Gasteiger partial charge on any atom is 0.338 e. The van der Waals surface area contributed by atoms with Crippen molar-refractivity contribution in [2.24, 2.45) is 0 Å². The Labute approximate surface area is 151 Å². The van der Waals surface area contributed by atoms with Crippen molar-refractivity contribution >= 4 is 17.6 Å². The summed E-state index contributed by atoms with van der Waals surface area (Å²) in [5.41, 5.74) is 2.19. The van der Waals surface area contributed by atoms with E-state index in [0.717, 1.165) is 12.0 Å². The van der Waals surface area contributed by atoms with Crippen LogP contribution in [0.25, 0.3) is 0 Å². The van der Waals surface area contributed by atoms with Crippen molar-refractivity contribution in [2.45, 2.75) is 26.3 Å². The maximum absolute atomic E-state index is 12.0. The summed E-state index contributed by atoms with van der Waals surface area (Å²) < 4.78 is 4.94. The monoisotopic (exact) mass is 356 g/mol. The molecule has 1 atom stereocenters. The number of benzene rings is 2. The van der Waals surface area contributed by atoms with E-state index in [1.54, 1.807) is 0 Å². The van der Waals surface area contributed by atoms with Gasteiger partial charge in [0.25, 0.3) is 11.6 Å². The molecule has 0 aliphatic carbocycles. The van der Waals surface area contributed by atoms with Crippen molar-refractivity contribution in [3.8, 4) is 0 Å². The molecular weight excluding hydrogens is 336 g/mol. The highest BCUT2D eigenvalue weighted by Gasteiger charge is 2.14. The molecule has 136 valence electrons. The third kappa shape index (κ3) is 5.14. The lowest BCUT2D eigenvalue weighted by molar-refractivity contribution is -0.384. The average Bonchev–Trinajstić information content (AvgIpc) is 2.66. The number of aryl methyl sites for hydroxylation is 1.